The molecular formula is C11H12Cl2FNO3. The molecule has 1 aromatic carbocycles. The van der Waals surface area contributed by atoms with Crippen LogP contribution < -0.4 is 19.9 Å². The number of hydrogen-bond donors (Lipinski definition) is 1. The lowest BCUT2D eigenvalue weighted by Crippen LogP contribution is -2.01. The maximum atomic E-state index is 13.1. The van der Waals surface area contributed by atoms with Crippen LogP contribution in [-0.4, -0.2) is 19.9 Å². The van der Waals surface area contributed by atoms with Gasteiger partial charge in [0.25, 0.3) is 0 Å². The highest BCUT2D eigenvalue weighted by Crippen LogP contribution is 2.40. The summed E-state index contributed by atoms with van der Waals surface area (Å²) in [5, 5.41) is 0.342. The van der Waals surface area contributed by atoms with E-state index in [1.807, 2.05) is 0 Å². The minimum Gasteiger partial charge on any atom is -0.485 e. The summed E-state index contributed by atoms with van der Waals surface area (Å²) in [6.07, 6.45) is 1.24. The van der Waals surface area contributed by atoms with Crippen molar-refractivity contribution in [3.8, 4) is 17.2 Å². The number of fused-ring (bicyclic) bond motifs is 1. The van der Waals surface area contributed by atoms with Crippen molar-refractivity contribution in [1.82, 2.24) is 0 Å². The molecule has 0 aromatic heterocycles. The summed E-state index contributed by atoms with van der Waals surface area (Å²) in [5.74, 6) is 0.991. The molecule has 0 aliphatic carbocycles. The van der Waals surface area contributed by atoms with Crippen LogP contribution in [0.25, 0.3) is 0 Å². The van der Waals surface area contributed by atoms with Gasteiger partial charge in [0.1, 0.15) is 18.2 Å². The van der Waals surface area contributed by atoms with Crippen molar-refractivity contribution in [2.75, 3.05) is 19.9 Å². The molecule has 100 valence electrons. The summed E-state index contributed by atoms with van der Waals surface area (Å²) >= 11 is 5.94. The van der Waals surface area contributed by atoms with E-state index in [0.29, 0.717) is 22.3 Å². The zero-order chi connectivity index (χ0) is 12.3. The van der Waals surface area contributed by atoms with Gasteiger partial charge >= 0.3 is 0 Å². The molecule has 0 spiro atoms. The first-order valence-corrected chi connectivity index (χ1v) is 5.35. The number of hydrogen-bond acceptors (Lipinski definition) is 4. The van der Waals surface area contributed by atoms with Gasteiger partial charge in [0.2, 0.25) is 6.79 Å². The van der Waals surface area contributed by atoms with Crippen LogP contribution in [-0.2, 0) is 0 Å². The van der Waals surface area contributed by atoms with Gasteiger partial charge in [-0.1, -0.05) is 11.6 Å². The lowest BCUT2D eigenvalue weighted by molar-refractivity contribution is 0.173. The number of halogens is 3. The summed E-state index contributed by atoms with van der Waals surface area (Å²) in [4.78, 5) is 0. The molecule has 1 aromatic rings. The lowest BCUT2D eigenvalue weighted by Gasteiger charge is -2.07. The Kier molecular flexibility index (Phi) is 5.53. The molecule has 7 heteroatoms. The van der Waals surface area contributed by atoms with Crippen molar-refractivity contribution in [3.05, 3.63) is 29.1 Å². The molecule has 0 atom stereocenters. The zero-order valence-corrected chi connectivity index (χ0v) is 10.9. The minimum absolute atomic E-state index is 0. The van der Waals surface area contributed by atoms with Crippen LogP contribution in [0, 0.1) is 0 Å². The van der Waals surface area contributed by atoms with E-state index in [2.05, 4.69) is 0 Å². The molecule has 0 bridgehead atoms. The summed E-state index contributed by atoms with van der Waals surface area (Å²) < 4.78 is 28.6. The second kappa shape index (κ2) is 6.68. The number of nitrogens with two attached hydrogens (primary N) is 1. The molecule has 1 aliphatic rings. The average molecular weight is 296 g/mol. The number of benzene rings is 1. The van der Waals surface area contributed by atoms with E-state index in [0.717, 1.165) is 0 Å². The molecule has 0 saturated heterocycles. The van der Waals surface area contributed by atoms with Gasteiger partial charge in [-0.25, -0.2) is 4.39 Å². The number of rotatable bonds is 4. The Balaban J connectivity index is 0.00000162. The molecule has 0 unspecified atom stereocenters. The molecule has 2 N–H and O–H groups in total. The topological polar surface area (TPSA) is 53.7 Å². The SMILES string of the molecule is Cl.NC/C=C(\F)COc1cc2c(cc1Cl)OCO2. The van der Waals surface area contributed by atoms with Crippen LogP contribution in [0.1, 0.15) is 0 Å². The van der Waals surface area contributed by atoms with Gasteiger partial charge in [0.15, 0.2) is 11.5 Å². The minimum atomic E-state index is -0.443. The second-order valence-electron chi connectivity index (χ2n) is 3.31. The Morgan fingerprint density at radius 3 is 2.78 bits per heavy atom. The highest BCUT2D eigenvalue weighted by atomic mass is 35.5. The van der Waals surface area contributed by atoms with Gasteiger partial charge < -0.3 is 19.9 Å². The lowest BCUT2D eigenvalue weighted by atomic mass is 10.3. The smallest absolute Gasteiger partial charge is 0.231 e. The van der Waals surface area contributed by atoms with Crippen molar-refractivity contribution in [3.63, 3.8) is 0 Å². The summed E-state index contributed by atoms with van der Waals surface area (Å²) in [6, 6.07) is 3.14. The van der Waals surface area contributed by atoms with E-state index >= 15 is 0 Å². The Labute approximate surface area is 115 Å². The molecule has 2 rings (SSSR count). The molecule has 18 heavy (non-hydrogen) atoms. The summed E-state index contributed by atoms with van der Waals surface area (Å²) in [5.41, 5.74) is 5.17. The highest BCUT2D eigenvalue weighted by Gasteiger charge is 2.17. The largest absolute Gasteiger partial charge is 0.485 e. The number of ether oxygens (including phenoxy) is 3. The third-order valence-electron chi connectivity index (χ3n) is 2.13. The third-order valence-corrected chi connectivity index (χ3v) is 2.43. The first-order valence-electron chi connectivity index (χ1n) is 4.97. The fourth-order valence-electron chi connectivity index (χ4n) is 1.34. The van der Waals surface area contributed by atoms with Crippen molar-refractivity contribution in [2.45, 2.75) is 0 Å². The van der Waals surface area contributed by atoms with Crippen LogP contribution in [0.3, 0.4) is 0 Å². The van der Waals surface area contributed by atoms with Gasteiger partial charge in [-0.05, 0) is 6.08 Å². The zero-order valence-electron chi connectivity index (χ0n) is 9.32. The van der Waals surface area contributed by atoms with E-state index in [1.54, 1.807) is 12.1 Å². The summed E-state index contributed by atoms with van der Waals surface area (Å²) in [6.45, 7) is 0.0666. The molecule has 1 heterocycles. The Morgan fingerprint density at radius 2 is 2.11 bits per heavy atom. The molecule has 0 saturated carbocycles. The van der Waals surface area contributed by atoms with Crippen molar-refractivity contribution in [2.24, 2.45) is 5.73 Å². The fraction of sp³-hybridized carbons (Fsp3) is 0.273. The van der Waals surface area contributed by atoms with Gasteiger partial charge in [-0.2, -0.15) is 0 Å². The normalized spacial score (nSPS) is 13.2. The van der Waals surface area contributed by atoms with E-state index in [9.17, 15) is 4.39 Å². The molecule has 0 radical (unpaired) electrons. The highest BCUT2D eigenvalue weighted by molar-refractivity contribution is 6.32. The Bertz CT molecular complexity index is 454. The average Bonchev–Trinajstić information content (AvgIpc) is 2.73. The first-order chi connectivity index (χ1) is 8.20. The molecular weight excluding hydrogens is 284 g/mol. The van der Waals surface area contributed by atoms with Crippen LogP contribution >= 0.6 is 24.0 Å². The van der Waals surface area contributed by atoms with E-state index < -0.39 is 5.83 Å². The first kappa shape index (κ1) is 14.9. The Hall–Kier alpha value is -1.17. The van der Waals surface area contributed by atoms with Crippen molar-refractivity contribution < 1.29 is 18.6 Å². The van der Waals surface area contributed by atoms with Crippen LogP contribution in [0.4, 0.5) is 4.39 Å². The predicted molar refractivity (Wildman–Crippen MR) is 68.6 cm³/mol. The van der Waals surface area contributed by atoms with Gasteiger partial charge in [0.05, 0.1) is 5.02 Å². The Morgan fingerprint density at radius 1 is 1.44 bits per heavy atom. The molecule has 1 aliphatic heterocycles. The maximum absolute atomic E-state index is 13.1. The van der Waals surface area contributed by atoms with Gasteiger partial charge in [-0.3, -0.25) is 0 Å². The quantitative estimate of drug-likeness (QED) is 0.928. The molecule has 0 fully saturated rings. The summed E-state index contributed by atoms with van der Waals surface area (Å²) in [7, 11) is 0. The van der Waals surface area contributed by atoms with Crippen LogP contribution in [0.15, 0.2) is 24.0 Å². The van der Waals surface area contributed by atoms with Gasteiger partial charge in [-0.15, -0.1) is 12.4 Å². The van der Waals surface area contributed by atoms with E-state index in [1.165, 1.54) is 6.08 Å². The maximum Gasteiger partial charge on any atom is 0.231 e. The van der Waals surface area contributed by atoms with Crippen molar-refractivity contribution >= 4 is 24.0 Å². The monoisotopic (exact) mass is 295 g/mol. The van der Waals surface area contributed by atoms with E-state index in [4.69, 9.17) is 31.5 Å². The van der Waals surface area contributed by atoms with E-state index in [-0.39, 0.29) is 32.4 Å². The molecule has 4 nitrogen and oxygen atoms in total. The molecule has 0 amide bonds. The third kappa shape index (κ3) is 3.41. The van der Waals surface area contributed by atoms with Crippen LogP contribution in [0.2, 0.25) is 5.02 Å². The van der Waals surface area contributed by atoms with Crippen LogP contribution in [0.5, 0.6) is 17.2 Å². The van der Waals surface area contributed by atoms with Crippen molar-refractivity contribution in [1.29, 1.82) is 0 Å². The second-order valence-corrected chi connectivity index (χ2v) is 3.72. The fourth-order valence-corrected chi connectivity index (χ4v) is 1.55. The predicted octanol–water partition coefficient (Wildman–Crippen LogP) is 2.68. The standard InChI is InChI=1S/C11H11ClFNO3.ClH/c12-8-3-10-11(17-6-16-10)4-9(8)15-5-7(13)1-2-14;/h1,3-4H,2,5-6,14H2;1H/b7-1-;. The van der Waals surface area contributed by atoms with Gasteiger partial charge in [0, 0.05) is 18.7 Å².